The molecule has 0 saturated heterocycles. The number of rotatable bonds is 3. The van der Waals surface area contributed by atoms with Crippen molar-refractivity contribution in [3.63, 3.8) is 0 Å². The summed E-state index contributed by atoms with van der Waals surface area (Å²) in [4.78, 5) is 29.1. The molecule has 0 spiro atoms. The quantitative estimate of drug-likeness (QED) is 0.639. The first-order valence-electron chi connectivity index (χ1n) is 8.01. The summed E-state index contributed by atoms with van der Waals surface area (Å²) < 4.78 is 0.999. The molecule has 4 rings (SSSR count). The Bertz CT molecular complexity index is 984. The van der Waals surface area contributed by atoms with E-state index < -0.39 is 5.92 Å². The number of aromatic nitrogens is 1. The molecule has 0 aliphatic carbocycles. The predicted molar refractivity (Wildman–Crippen MR) is 106 cm³/mol. The molecule has 5 nitrogen and oxygen atoms in total. The molecule has 1 atom stereocenters. The van der Waals surface area contributed by atoms with Crippen LogP contribution in [-0.4, -0.2) is 16.8 Å². The lowest BCUT2D eigenvalue weighted by molar-refractivity contribution is -0.123. The summed E-state index contributed by atoms with van der Waals surface area (Å²) in [6.07, 6.45) is 0.133. The van der Waals surface area contributed by atoms with Crippen LogP contribution in [0.15, 0.2) is 58.4 Å². The first kappa shape index (κ1) is 16.9. The van der Waals surface area contributed by atoms with E-state index in [1.54, 1.807) is 0 Å². The third-order valence-electron chi connectivity index (χ3n) is 4.19. The molecule has 1 aliphatic heterocycles. The van der Waals surface area contributed by atoms with Gasteiger partial charge in [0.05, 0.1) is 11.6 Å². The van der Waals surface area contributed by atoms with Crippen molar-refractivity contribution in [2.45, 2.75) is 12.3 Å². The molecular weight excluding hydrogens is 414 g/mol. The van der Waals surface area contributed by atoms with Gasteiger partial charge >= 0.3 is 0 Å². The van der Waals surface area contributed by atoms with Crippen LogP contribution >= 0.6 is 27.3 Å². The Kier molecular flexibility index (Phi) is 4.57. The highest BCUT2D eigenvalue weighted by Gasteiger charge is 2.30. The molecular formula is C19H14BrN3O2S. The Balaban J connectivity index is 1.54. The van der Waals surface area contributed by atoms with Gasteiger partial charge in [0.15, 0.2) is 5.13 Å². The maximum absolute atomic E-state index is 12.7. The lowest BCUT2D eigenvalue weighted by Gasteiger charge is -2.24. The first-order chi connectivity index (χ1) is 12.6. The summed E-state index contributed by atoms with van der Waals surface area (Å²) in [6.45, 7) is 0. The molecule has 3 aromatic rings. The van der Waals surface area contributed by atoms with Gasteiger partial charge in [0.25, 0.3) is 0 Å². The van der Waals surface area contributed by atoms with Crippen molar-refractivity contribution in [2.24, 2.45) is 0 Å². The van der Waals surface area contributed by atoms with Crippen LogP contribution in [0.2, 0.25) is 0 Å². The number of halogens is 1. The largest absolute Gasteiger partial charge is 0.326 e. The molecule has 26 heavy (non-hydrogen) atoms. The van der Waals surface area contributed by atoms with Crippen molar-refractivity contribution >= 4 is 49.9 Å². The summed E-state index contributed by atoms with van der Waals surface area (Å²) in [7, 11) is 0. The summed E-state index contributed by atoms with van der Waals surface area (Å²) in [5.41, 5.74) is 3.31. The number of anilines is 2. The number of hydrogen-bond acceptors (Lipinski definition) is 4. The van der Waals surface area contributed by atoms with Gasteiger partial charge in [-0.1, -0.05) is 46.3 Å². The molecule has 2 heterocycles. The highest BCUT2D eigenvalue weighted by Crippen LogP contribution is 2.33. The fourth-order valence-corrected chi connectivity index (χ4v) is 3.91. The Morgan fingerprint density at radius 3 is 2.77 bits per heavy atom. The van der Waals surface area contributed by atoms with Crippen molar-refractivity contribution < 1.29 is 9.59 Å². The molecule has 2 N–H and O–H groups in total. The van der Waals surface area contributed by atoms with Gasteiger partial charge in [0.1, 0.15) is 0 Å². The number of nitrogens with zero attached hydrogens (tertiary/aromatic N) is 1. The Hall–Kier alpha value is -2.51. The zero-order valence-electron chi connectivity index (χ0n) is 13.5. The van der Waals surface area contributed by atoms with Gasteiger partial charge in [0.2, 0.25) is 11.8 Å². The van der Waals surface area contributed by atoms with E-state index in [1.165, 1.54) is 11.3 Å². The summed E-state index contributed by atoms with van der Waals surface area (Å²) >= 11 is 4.78. The fraction of sp³-hybridized carbons (Fsp3) is 0.105. The van der Waals surface area contributed by atoms with Crippen molar-refractivity contribution in [1.82, 2.24) is 4.98 Å². The number of carbonyl (C=O) groups excluding carboxylic acids is 2. The fourth-order valence-electron chi connectivity index (χ4n) is 2.92. The number of carbonyl (C=O) groups is 2. The van der Waals surface area contributed by atoms with E-state index >= 15 is 0 Å². The zero-order valence-corrected chi connectivity index (χ0v) is 15.9. The molecule has 1 aliphatic rings. The average Bonchev–Trinajstić information content (AvgIpc) is 3.10. The van der Waals surface area contributed by atoms with Gasteiger partial charge in [-0.25, -0.2) is 4.98 Å². The molecule has 7 heteroatoms. The number of hydrogen-bond donors (Lipinski definition) is 2. The molecule has 2 amide bonds. The van der Waals surface area contributed by atoms with E-state index in [2.05, 4.69) is 31.5 Å². The second-order valence-corrected chi connectivity index (χ2v) is 7.70. The minimum atomic E-state index is -0.514. The number of thiazole rings is 1. The van der Waals surface area contributed by atoms with Gasteiger partial charge in [-0.15, -0.1) is 11.3 Å². The molecule has 0 bridgehead atoms. The van der Waals surface area contributed by atoms with Crippen LogP contribution < -0.4 is 10.6 Å². The highest BCUT2D eigenvalue weighted by atomic mass is 79.9. The molecule has 0 radical (unpaired) electrons. The van der Waals surface area contributed by atoms with Gasteiger partial charge < -0.3 is 10.6 Å². The molecule has 1 unspecified atom stereocenters. The maximum atomic E-state index is 12.7. The van der Waals surface area contributed by atoms with Gasteiger partial charge in [0, 0.05) is 27.5 Å². The van der Waals surface area contributed by atoms with Crippen molar-refractivity contribution in [1.29, 1.82) is 0 Å². The van der Waals surface area contributed by atoms with E-state index in [0.29, 0.717) is 10.8 Å². The molecule has 1 aromatic heterocycles. The third-order valence-corrected chi connectivity index (χ3v) is 5.48. The maximum Gasteiger partial charge on any atom is 0.234 e. The third kappa shape index (κ3) is 3.40. The minimum Gasteiger partial charge on any atom is -0.326 e. The van der Waals surface area contributed by atoms with Crippen molar-refractivity contribution in [3.05, 3.63) is 63.9 Å². The molecule has 0 saturated carbocycles. The number of amides is 2. The van der Waals surface area contributed by atoms with Gasteiger partial charge in [-0.05, 0) is 23.8 Å². The Labute approximate surface area is 162 Å². The normalized spacial score (nSPS) is 15.9. The van der Waals surface area contributed by atoms with Crippen LogP contribution in [0.4, 0.5) is 10.8 Å². The number of nitrogens with one attached hydrogen (secondary N) is 2. The lowest BCUT2D eigenvalue weighted by atomic mass is 9.90. The lowest BCUT2D eigenvalue weighted by Crippen LogP contribution is -2.30. The number of benzene rings is 2. The monoisotopic (exact) mass is 427 g/mol. The molecule has 2 aromatic carbocycles. The van der Waals surface area contributed by atoms with Gasteiger partial charge in [-0.3, -0.25) is 9.59 Å². The van der Waals surface area contributed by atoms with Crippen LogP contribution in [0.1, 0.15) is 17.9 Å². The van der Waals surface area contributed by atoms with E-state index in [9.17, 15) is 9.59 Å². The van der Waals surface area contributed by atoms with Gasteiger partial charge in [-0.2, -0.15) is 0 Å². The first-order valence-corrected chi connectivity index (χ1v) is 9.68. The van der Waals surface area contributed by atoms with Crippen LogP contribution in [0.25, 0.3) is 11.3 Å². The van der Waals surface area contributed by atoms with E-state index in [-0.39, 0.29) is 18.2 Å². The van der Waals surface area contributed by atoms with Crippen LogP contribution in [0, 0.1) is 0 Å². The van der Waals surface area contributed by atoms with Crippen molar-refractivity contribution in [2.75, 3.05) is 10.6 Å². The second kappa shape index (κ2) is 7.01. The number of para-hydroxylation sites is 1. The van der Waals surface area contributed by atoms with E-state index in [4.69, 9.17) is 0 Å². The van der Waals surface area contributed by atoms with Crippen LogP contribution in [0.5, 0.6) is 0 Å². The standard InChI is InChI=1S/C19H14BrN3O2S/c20-12-7-5-11(6-8-12)16-10-26-19(22-16)23-18(25)14-9-17(24)21-15-4-2-1-3-13(14)15/h1-8,10,14H,9H2,(H,21,24)(H,22,23,25). The highest BCUT2D eigenvalue weighted by molar-refractivity contribution is 9.10. The second-order valence-electron chi connectivity index (χ2n) is 5.93. The average molecular weight is 428 g/mol. The number of fused-ring (bicyclic) bond motifs is 1. The SMILES string of the molecule is O=C1CC(C(=O)Nc2nc(-c3ccc(Br)cc3)cs2)c2ccccc2N1. The summed E-state index contributed by atoms with van der Waals surface area (Å²) in [5, 5.41) is 8.08. The van der Waals surface area contributed by atoms with Crippen molar-refractivity contribution in [3.8, 4) is 11.3 Å². The van der Waals surface area contributed by atoms with E-state index in [0.717, 1.165) is 21.3 Å². The Morgan fingerprint density at radius 2 is 1.96 bits per heavy atom. The topological polar surface area (TPSA) is 71.1 Å². The van der Waals surface area contributed by atoms with Crippen LogP contribution in [0.3, 0.4) is 0 Å². The van der Waals surface area contributed by atoms with E-state index in [1.807, 2.05) is 53.9 Å². The summed E-state index contributed by atoms with van der Waals surface area (Å²) in [6, 6.07) is 15.2. The molecule has 130 valence electrons. The smallest absolute Gasteiger partial charge is 0.234 e. The van der Waals surface area contributed by atoms with Crippen LogP contribution in [-0.2, 0) is 9.59 Å². The zero-order chi connectivity index (χ0) is 18.1. The summed E-state index contributed by atoms with van der Waals surface area (Å²) in [5.74, 6) is -0.887. The Morgan fingerprint density at radius 1 is 1.19 bits per heavy atom. The minimum absolute atomic E-state index is 0.133. The predicted octanol–water partition coefficient (Wildman–Crippen LogP) is 4.64. The molecule has 0 fully saturated rings.